The van der Waals surface area contributed by atoms with E-state index in [1.807, 2.05) is 39.0 Å². The molecule has 0 unspecified atom stereocenters. The number of hydrogen-bond acceptors (Lipinski definition) is 5. The van der Waals surface area contributed by atoms with Gasteiger partial charge in [-0.25, -0.2) is 9.59 Å². The molecule has 0 bridgehead atoms. The zero-order valence-corrected chi connectivity index (χ0v) is 22.0. The molecule has 1 aliphatic rings. The molecule has 0 saturated carbocycles. The van der Waals surface area contributed by atoms with Crippen molar-refractivity contribution in [2.24, 2.45) is 5.92 Å². The number of nitrogens with one attached hydrogen (secondary N) is 3. The van der Waals surface area contributed by atoms with Crippen LogP contribution >= 0.6 is 0 Å². The van der Waals surface area contributed by atoms with E-state index in [0.29, 0.717) is 17.9 Å². The second-order valence-electron chi connectivity index (χ2n) is 9.73. The molecule has 10 nitrogen and oxygen atoms in total. The Morgan fingerprint density at radius 3 is 2.46 bits per heavy atom. The van der Waals surface area contributed by atoms with Gasteiger partial charge in [-0.05, 0) is 45.0 Å². The standard InChI is InChI=1S/C27H37N5O5/c1-17(2)28-26(35)30-22-13-9-12-21-24(22)37-23(18(3)14-32(25(21)34)19(4)16-33)15-31(5)27(36)29-20-10-7-6-8-11-20/h6-13,17-19,23,33H,14-16H2,1-5H3,(H,29,36)(H2,28,30,35)/t18-,19-,23+/m0/s1. The highest BCUT2D eigenvalue weighted by atomic mass is 16.5. The normalized spacial score (nSPS) is 18.1. The number of ether oxygens (including phenoxy) is 1. The molecule has 0 radical (unpaired) electrons. The number of carbonyl (C=O) groups excluding carboxylic acids is 3. The van der Waals surface area contributed by atoms with Gasteiger partial charge in [0.2, 0.25) is 0 Å². The zero-order valence-electron chi connectivity index (χ0n) is 22.0. The fourth-order valence-corrected chi connectivity index (χ4v) is 4.07. The van der Waals surface area contributed by atoms with Gasteiger partial charge in [-0.2, -0.15) is 0 Å². The molecule has 0 saturated heterocycles. The SMILES string of the molecule is CC(C)NC(=O)Nc1cccc2c1O[C@H](CN(C)C(=O)Nc1ccccc1)[C@@H](C)CN([C@@H](C)CO)C2=O. The third-order valence-electron chi connectivity index (χ3n) is 6.18. The highest BCUT2D eigenvalue weighted by molar-refractivity contribution is 6.01. The number of urea groups is 2. The lowest BCUT2D eigenvalue weighted by atomic mass is 9.99. The lowest BCUT2D eigenvalue weighted by molar-refractivity contribution is 0.0373. The maximum Gasteiger partial charge on any atom is 0.321 e. The first-order valence-corrected chi connectivity index (χ1v) is 12.5. The lowest BCUT2D eigenvalue weighted by Gasteiger charge is -2.38. The van der Waals surface area contributed by atoms with Gasteiger partial charge in [0.1, 0.15) is 6.10 Å². The Morgan fingerprint density at radius 2 is 1.81 bits per heavy atom. The van der Waals surface area contributed by atoms with Crippen molar-refractivity contribution in [3.8, 4) is 5.75 Å². The molecule has 0 spiro atoms. The van der Waals surface area contributed by atoms with E-state index in [4.69, 9.17) is 4.74 Å². The number of carbonyl (C=O) groups is 3. The largest absolute Gasteiger partial charge is 0.485 e. The molecule has 37 heavy (non-hydrogen) atoms. The predicted octanol–water partition coefficient (Wildman–Crippen LogP) is 3.60. The number of aliphatic hydroxyl groups excluding tert-OH is 1. The molecule has 3 rings (SSSR count). The van der Waals surface area contributed by atoms with E-state index in [1.165, 1.54) is 4.90 Å². The van der Waals surface area contributed by atoms with Crippen LogP contribution in [0.25, 0.3) is 0 Å². The summed E-state index contributed by atoms with van der Waals surface area (Å²) in [6.07, 6.45) is -0.511. The number of anilines is 2. The van der Waals surface area contributed by atoms with E-state index in [2.05, 4.69) is 16.0 Å². The van der Waals surface area contributed by atoms with Crippen molar-refractivity contribution >= 4 is 29.3 Å². The number of benzene rings is 2. The van der Waals surface area contributed by atoms with E-state index >= 15 is 0 Å². The summed E-state index contributed by atoms with van der Waals surface area (Å²) in [6.45, 7) is 7.75. The van der Waals surface area contributed by atoms with Gasteiger partial charge in [-0.3, -0.25) is 4.79 Å². The van der Waals surface area contributed by atoms with Crippen molar-refractivity contribution in [2.75, 3.05) is 37.4 Å². The van der Waals surface area contributed by atoms with Crippen LogP contribution in [-0.2, 0) is 0 Å². The Morgan fingerprint density at radius 1 is 1.11 bits per heavy atom. The molecule has 5 amide bonds. The minimum atomic E-state index is -0.511. The molecular weight excluding hydrogens is 474 g/mol. The molecule has 0 aliphatic carbocycles. The predicted molar refractivity (Wildman–Crippen MR) is 143 cm³/mol. The molecular formula is C27H37N5O5. The second-order valence-corrected chi connectivity index (χ2v) is 9.73. The molecule has 2 aromatic rings. The summed E-state index contributed by atoms with van der Waals surface area (Å²) in [5.41, 5.74) is 1.29. The molecule has 4 N–H and O–H groups in total. The number of aliphatic hydroxyl groups is 1. The quantitative estimate of drug-likeness (QED) is 0.452. The summed E-state index contributed by atoms with van der Waals surface area (Å²) in [4.78, 5) is 42.0. The molecule has 1 heterocycles. The van der Waals surface area contributed by atoms with E-state index in [-0.39, 0.29) is 48.4 Å². The molecule has 0 fully saturated rings. The van der Waals surface area contributed by atoms with Gasteiger partial charge in [-0.1, -0.05) is 31.2 Å². The highest BCUT2D eigenvalue weighted by Crippen LogP contribution is 2.35. The van der Waals surface area contributed by atoms with Gasteiger partial charge < -0.3 is 35.6 Å². The van der Waals surface area contributed by atoms with Crippen LogP contribution in [0.4, 0.5) is 21.0 Å². The molecule has 1 aliphatic heterocycles. The molecule has 3 atom stereocenters. The topological polar surface area (TPSA) is 123 Å². The monoisotopic (exact) mass is 511 g/mol. The number of hydrogen-bond donors (Lipinski definition) is 4. The summed E-state index contributed by atoms with van der Waals surface area (Å²) in [7, 11) is 1.67. The zero-order chi connectivity index (χ0) is 27.1. The number of para-hydroxylation sites is 2. The van der Waals surface area contributed by atoms with Crippen LogP contribution in [0.15, 0.2) is 48.5 Å². The van der Waals surface area contributed by atoms with E-state index < -0.39 is 18.2 Å². The Kier molecular flexibility index (Phi) is 9.35. The second kappa shape index (κ2) is 12.4. The summed E-state index contributed by atoms with van der Waals surface area (Å²) in [5, 5.41) is 18.2. The van der Waals surface area contributed by atoms with Crippen LogP contribution in [0.3, 0.4) is 0 Å². The minimum absolute atomic E-state index is 0.0847. The average molecular weight is 512 g/mol. The van der Waals surface area contributed by atoms with Gasteiger partial charge in [0.05, 0.1) is 30.4 Å². The van der Waals surface area contributed by atoms with Crippen LogP contribution in [0.1, 0.15) is 38.1 Å². The van der Waals surface area contributed by atoms with E-state index in [9.17, 15) is 19.5 Å². The fourth-order valence-electron chi connectivity index (χ4n) is 4.07. The first-order valence-electron chi connectivity index (χ1n) is 12.5. The highest BCUT2D eigenvalue weighted by Gasteiger charge is 2.35. The van der Waals surface area contributed by atoms with Crippen molar-refractivity contribution in [1.82, 2.24) is 15.1 Å². The third-order valence-corrected chi connectivity index (χ3v) is 6.18. The smallest absolute Gasteiger partial charge is 0.321 e. The van der Waals surface area contributed by atoms with Gasteiger partial charge in [0, 0.05) is 31.2 Å². The summed E-state index contributed by atoms with van der Waals surface area (Å²) in [5.74, 6) is -0.268. The van der Waals surface area contributed by atoms with Crippen LogP contribution in [0.5, 0.6) is 5.75 Å². The number of fused-ring (bicyclic) bond motifs is 1. The Hall–Kier alpha value is -3.79. The van der Waals surface area contributed by atoms with Crippen molar-refractivity contribution in [3.05, 3.63) is 54.1 Å². The van der Waals surface area contributed by atoms with Crippen LogP contribution in [0, 0.1) is 5.92 Å². The van der Waals surface area contributed by atoms with Gasteiger partial charge in [-0.15, -0.1) is 0 Å². The number of amides is 5. The lowest BCUT2D eigenvalue weighted by Crippen LogP contribution is -2.50. The third kappa shape index (κ3) is 7.13. The summed E-state index contributed by atoms with van der Waals surface area (Å²) >= 11 is 0. The van der Waals surface area contributed by atoms with Gasteiger partial charge in [0.15, 0.2) is 5.75 Å². The molecule has 200 valence electrons. The molecule has 10 heteroatoms. The summed E-state index contributed by atoms with van der Waals surface area (Å²) in [6, 6.07) is 12.9. The number of nitrogens with zero attached hydrogens (tertiary/aromatic N) is 2. The van der Waals surface area contributed by atoms with E-state index in [1.54, 1.807) is 49.2 Å². The van der Waals surface area contributed by atoms with E-state index in [0.717, 1.165) is 0 Å². The van der Waals surface area contributed by atoms with Crippen molar-refractivity contribution in [1.29, 1.82) is 0 Å². The molecule has 0 aromatic heterocycles. The minimum Gasteiger partial charge on any atom is -0.485 e. The number of likely N-dealkylation sites (N-methyl/N-ethyl adjacent to an activating group) is 1. The Labute approximate surface area is 218 Å². The van der Waals surface area contributed by atoms with Crippen molar-refractivity contribution < 1.29 is 24.2 Å². The summed E-state index contributed by atoms with van der Waals surface area (Å²) < 4.78 is 6.42. The van der Waals surface area contributed by atoms with Crippen LogP contribution in [0.2, 0.25) is 0 Å². The fraction of sp³-hybridized carbons (Fsp3) is 0.444. The van der Waals surface area contributed by atoms with Crippen LogP contribution in [-0.4, -0.2) is 77.8 Å². The average Bonchev–Trinajstić information content (AvgIpc) is 2.86. The first-order chi connectivity index (χ1) is 17.6. The van der Waals surface area contributed by atoms with Crippen LogP contribution < -0.4 is 20.7 Å². The maximum absolute atomic E-state index is 13.5. The Balaban J connectivity index is 1.93. The maximum atomic E-state index is 13.5. The number of rotatable bonds is 7. The van der Waals surface area contributed by atoms with Crippen molar-refractivity contribution in [2.45, 2.75) is 45.9 Å². The first kappa shape index (κ1) is 27.8. The molecule has 2 aromatic carbocycles. The van der Waals surface area contributed by atoms with Crippen molar-refractivity contribution in [3.63, 3.8) is 0 Å². The van der Waals surface area contributed by atoms with Gasteiger partial charge >= 0.3 is 12.1 Å². The van der Waals surface area contributed by atoms with Gasteiger partial charge in [0.25, 0.3) is 5.91 Å². The Bertz CT molecular complexity index is 1090.